The Morgan fingerprint density at radius 2 is 2.20 bits per heavy atom. The highest BCUT2D eigenvalue weighted by molar-refractivity contribution is 6.20. The molecule has 1 saturated carbocycles. The number of aryl methyl sites for hydroxylation is 1. The molecule has 20 heavy (non-hydrogen) atoms. The van der Waals surface area contributed by atoms with E-state index >= 15 is 0 Å². The summed E-state index contributed by atoms with van der Waals surface area (Å²) >= 11 is 6.33. The molecule has 0 bridgehead atoms. The normalized spacial score (nSPS) is 23.8. The van der Waals surface area contributed by atoms with Crippen molar-refractivity contribution < 1.29 is 4.74 Å². The monoisotopic (exact) mass is 292 g/mol. The summed E-state index contributed by atoms with van der Waals surface area (Å²) in [6, 6.07) is 6.90. The zero-order chi connectivity index (χ0) is 14.3. The van der Waals surface area contributed by atoms with Gasteiger partial charge in [0.15, 0.2) is 0 Å². The first kappa shape index (κ1) is 13.9. The van der Waals surface area contributed by atoms with Crippen LogP contribution in [0.25, 0.3) is 11.0 Å². The van der Waals surface area contributed by atoms with Gasteiger partial charge in [-0.25, -0.2) is 4.98 Å². The quantitative estimate of drug-likeness (QED) is 0.782. The molecule has 3 rings (SSSR count). The van der Waals surface area contributed by atoms with Crippen molar-refractivity contribution in [3.8, 4) is 0 Å². The molecule has 1 aliphatic carbocycles. The molecule has 1 fully saturated rings. The molecule has 0 N–H and O–H groups in total. The number of halogens is 1. The van der Waals surface area contributed by atoms with Crippen molar-refractivity contribution in [1.29, 1.82) is 0 Å². The minimum absolute atomic E-state index is 0.0751. The maximum Gasteiger partial charge on any atom is 0.127 e. The molecule has 0 saturated heterocycles. The molecular formula is C16H21ClN2O. The summed E-state index contributed by atoms with van der Waals surface area (Å²) in [5.74, 6) is 0.979. The lowest BCUT2D eigenvalue weighted by atomic mass is 9.88. The van der Waals surface area contributed by atoms with E-state index in [0.717, 1.165) is 30.8 Å². The molecule has 1 aliphatic rings. The van der Waals surface area contributed by atoms with E-state index in [1.165, 1.54) is 11.1 Å². The number of alkyl halides is 1. The Morgan fingerprint density at radius 1 is 1.45 bits per heavy atom. The highest BCUT2D eigenvalue weighted by atomic mass is 35.5. The van der Waals surface area contributed by atoms with E-state index in [1.807, 2.05) is 6.92 Å². The zero-order valence-corrected chi connectivity index (χ0v) is 13.0. The second kappa shape index (κ2) is 5.38. The molecule has 1 unspecified atom stereocenters. The number of benzene rings is 1. The van der Waals surface area contributed by atoms with E-state index in [4.69, 9.17) is 21.3 Å². The van der Waals surface area contributed by atoms with Gasteiger partial charge in [-0.05, 0) is 51.3 Å². The second-order valence-electron chi connectivity index (χ2n) is 5.65. The molecular weight excluding hydrogens is 272 g/mol. The van der Waals surface area contributed by atoms with Crippen LogP contribution >= 0.6 is 11.6 Å². The van der Waals surface area contributed by atoms with E-state index in [1.54, 1.807) is 0 Å². The van der Waals surface area contributed by atoms with Gasteiger partial charge in [0.05, 0.1) is 22.5 Å². The average Bonchev–Trinajstić information content (AvgIpc) is 2.71. The number of imidazole rings is 1. The number of hydrogen-bond acceptors (Lipinski definition) is 2. The number of rotatable bonds is 4. The smallest absolute Gasteiger partial charge is 0.127 e. The Bertz CT molecular complexity index is 614. The van der Waals surface area contributed by atoms with Crippen molar-refractivity contribution in [2.75, 3.05) is 6.61 Å². The predicted molar refractivity (Wildman–Crippen MR) is 82.4 cm³/mol. The van der Waals surface area contributed by atoms with Crippen LogP contribution in [0.15, 0.2) is 18.2 Å². The third-order valence-electron chi connectivity index (χ3n) is 4.07. The molecule has 0 radical (unpaired) electrons. The van der Waals surface area contributed by atoms with E-state index < -0.39 is 0 Å². The fourth-order valence-corrected chi connectivity index (χ4v) is 3.17. The van der Waals surface area contributed by atoms with E-state index in [9.17, 15) is 0 Å². The van der Waals surface area contributed by atoms with Gasteiger partial charge in [-0.15, -0.1) is 11.6 Å². The van der Waals surface area contributed by atoms with Crippen LogP contribution in [0, 0.1) is 6.92 Å². The summed E-state index contributed by atoms with van der Waals surface area (Å²) in [7, 11) is 0. The number of ether oxygens (including phenoxy) is 1. The van der Waals surface area contributed by atoms with Crippen molar-refractivity contribution in [2.45, 2.75) is 51.1 Å². The van der Waals surface area contributed by atoms with E-state index in [0.29, 0.717) is 12.1 Å². The Hall–Kier alpha value is -1.06. The summed E-state index contributed by atoms with van der Waals surface area (Å²) < 4.78 is 7.99. The van der Waals surface area contributed by atoms with Crippen LogP contribution in [0.4, 0.5) is 0 Å². The second-order valence-corrected chi connectivity index (χ2v) is 6.31. The number of hydrogen-bond donors (Lipinski definition) is 0. The van der Waals surface area contributed by atoms with Crippen molar-refractivity contribution in [2.24, 2.45) is 0 Å². The lowest BCUT2D eigenvalue weighted by Gasteiger charge is -2.37. The van der Waals surface area contributed by atoms with Crippen LogP contribution in [-0.2, 0) is 4.74 Å². The Labute approximate surface area is 124 Å². The lowest BCUT2D eigenvalue weighted by Crippen LogP contribution is -2.34. The molecule has 0 amide bonds. The van der Waals surface area contributed by atoms with Gasteiger partial charge in [0.25, 0.3) is 0 Å². The minimum Gasteiger partial charge on any atom is -0.378 e. The largest absolute Gasteiger partial charge is 0.378 e. The van der Waals surface area contributed by atoms with Crippen LogP contribution in [0.3, 0.4) is 0 Å². The van der Waals surface area contributed by atoms with Gasteiger partial charge in [-0.3, -0.25) is 0 Å². The van der Waals surface area contributed by atoms with Crippen LogP contribution in [0.1, 0.15) is 49.5 Å². The number of nitrogens with zero attached hydrogens (tertiary/aromatic N) is 2. The summed E-state index contributed by atoms with van der Waals surface area (Å²) in [6.07, 6.45) is 2.51. The van der Waals surface area contributed by atoms with Crippen molar-refractivity contribution in [3.05, 3.63) is 29.6 Å². The van der Waals surface area contributed by atoms with Gasteiger partial charge in [-0.1, -0.05) is 6.07 Å². The fourth-order valence-electron chi connectivity index (χ4n) is 3.01. The first-order valence-electron chi connectivity index (χ1n) is 7.34. The first-order valence-corrected chi connectivity index (χ1v) is 7.78. The Kier molecular flexibility index (Phi) is 3.74. The summed E-state index contributed by atoms with van der Waals surface area (Å²) in [5.41, 5.74) is 3.47. The topological polar surface area (TPSA) is 27.1 Å². The third kappa shape index (κ3) is 2.33. The summed E-state index contributed by atoms with van der Waals surface area (Å²) in [4.78, 5) is 4.74. The van der Waals surface area contributed by atoms with Gasteiger partial charge in [0.2, 0.25) is 0 Å². The highest BCUT2D eigenvalue weighted by Gasteiger charge is 2.34. The maximum atomic E-state index is 6.33. The molecule has 0 aliphatic heterocycles. The van der Waals surface area contributed by atoms with Crippen LogP contribution < -0.4 is 0 Å². The van der Waals surface area contributed by atoms with Gasteiger partial charge in [0.1, 0.15) is 5.82 Å². The van der Waals surface area contributed by atoms with Gasteiger partial charge in [0, 0.05) is 12.6 Å². The van der Waals surface area contributed by atoms with Crippen LogP contribution in [-0.4, -0.2) is 22.3 Å². The number of fused-ring (bicyclic) bond motifs is 1. The molecule has 4 heteroatoms. The molecule has 1 atom stereocenters. The molecule has 2 aromatic rings. The zero-order valence-electron chi connectivity index (χ0n) is 12.3. The lowest BCUT2D eigenvalue weighted by molar-refractivity contribution is -0.0193. The molecule has 0 spiro atoms. The predicted octanol–water partition coefficient (Wildman–Crippen LogP) is 4.38. The highest BCUT2D eigenvalue weighted by Crippen LogP contribution is 2.39. The molecule has 3 nitrogen and oxygen atoms in total. The van der Waals surface area contributed by atoms with Crippen molar-refractivity contribution in [1.82, 2.24) is 9.55 Å². The maximum absolute atomic E-state index is 6.33. The number of aromatic nitrogens is 2. The van der Waals surface area contributed by atoms with Gasteiger partial charge in [-0.2, -0.15) is 0 Å². The standard InChI is InChI=1S/C16H21ClN2O/c1-4-20-13-8-12(9-13)19-15-6-5-10(2)7-14(15)18-16(19)11(3)17/h5-7,11-13H,4,8-9H2,1-3H3. The van der Waals surface area contributed by atoms with Crippen LogP contribution in [0.5, 0.6) is 0 Å². The summed E-state index contributed by atoms with van der Waals surface area (Å²) in [6.45, 7) is 6.93. The minimum atomic E-state index is -0.0751. The first-order chi connectivity index (χ1) is 9.60. The fraction of sp³-hybridized carbons (Fsp3) is 0.562. The third-order valence-corrected chi connectivity index (χ3v) is 4.26. The summed E-state index contributed by atoms with van der Waals surface area (Å²) in [5, 5.41) is -0.0751. The Balaban J connectivity index is 1.98. The van der Waals surface area contributed by atoms with Gasteiger partial charge < -0.3 is 9.30 Å². The molecule has 1 aromatic carbocycles. The average molecular weight is 293 g/mol. The van der Waals surface area contributed by atoms with E-state index in [-0.39, 0.29) is 5.38 Å². The van der Waals surface area contributed by atoms with E-state index in [2.05, 4.69) is 36.6 Å². The molecule has 1 heterocycles. The van der Waals surface area contributed by atoms with Crippen molar-refractivity contribution >= 4 is 22.6 Å². The Morgan fingerprint density at radius 3 is 2.85 bits per heavy atom. The molecule has 108 valence electrons. The van der Waals surface area contributed by atoms with Gasteiger partial charge >= 0.3 is 0 Å². The van der Waals surface area contributed by atoms with Crippen molar-refractivity contribution in [3.63, 3.8) is 0 Å². The molecule has 1 aromatic heterocycles. The van der Waals surface area contributed by atoms with Crippen LogP contribution in [0.2, 0.25) is 0 Å². The SMILES string of the molecule is CCOC1CC(n2c(C(C)Cl)nc3cc(C)ccc32)C1.